The van der Waals surface area contributed by atoms with Gasteiger partial charge in [-0.1, -0.05) is 25.1 Å². The van der Waals surface area contributed by atoms with Crippen LogP contribution in [-0.2, 0) is 11.2 Å². The number of aromatic amines is 1. The van der Waals surface area contributed by atoms with Crippen LogP contribution in [0, 0.1) is 5.41 Å². The molecule has 0 bridgehead atoms. The zero-order valence-electron chi connectivity index (χ0n) is 10.1. The van der Waals surface area contributed by atoms with Gasteiger partial charge in [0.2, 0.25) is 5.91 Å². The average Bonchev–Trinajstić information content (AvgIpc) is 3.00. The van der Waals surface area contributed by atoms with Gasteiger partial charge < -0.3 is 11.1 Å². The molecule has 0 aliphatic heterocycles. The number of nitrogens with one attached hydrogen (secondary N) is 2. The van der Waals surface area contributed by atoms with Crippen molar-refractivity contribution >= 4 is 23.1 Å². The number of hydrogen-bond donors (Lipinski definition) is 3. The van der Waals surface area contributed by atoms with Crippen molar-refractivity contribution in [2.24, 2.45) is 11.1 Å². The smallest absolute Gasteiger partial charge is 0.233 e. The Kier molecular flexibility index (Phi) is 3.90. The molecule has 1 saturated carbocycles. The van der Waals surface area contributed by atoms with Crippen molar-refractivity contribution in [3.8, 4) is 0 Å². The van der Waals surface area contributed by atoms with E-state index in [1.807, 2.05) is 0 Å². The molecule has 1 aliphatic carbocycles. The van der Waals surface area contributed by atoms with Crippen LogP contribution in [0.3, 0.4) is 0 Å². The van der Waals surface area contributed by atoms with Gasteiger partial charge >= 0.3 is 0 Å². The normalized spacial score (nSPS) is 17.6. The van der Waals surface area contributed by atoms with Crippen LogP contribution in [-0.4, -0.2) is 32.6 Å². The Morgan fingerprint density at radius 1 is 1.56 bits per heavy atom. The lowest BCUT2D eigenvalue weighted by molar-refractivity contribution is -0.127. The number of nitrogens with zero attached hydrogens (tertiary/aromatic N) is 2. The maximum atomic E-state index is 12.2. The molecule has 1 aromatic heterocycles. The first-order chi connectivity index (χ1) is 8.65. The van der Waals surface area contributed by atoms with E-state index in [2.05, 4.69) is 20.5 Å². The highest BCUT2D eigenvalue weighted by Gasteiger charge is 2.43. The third-order valence-electron chi connectivity index (χ3n) is 3.48. The Morgan fingerprint density at radius 2 is 2.28 bits per heavy atom. The van der Waals surface area contributed by atoms with Crippen molar-refractivity contribution in [1.29, 1.82) is 0 Å². The SMILES string of the molecule is NC(=S)C1(C(=O)NCCc2ncn[nH]2)CCCC1. The quantitative estimate of drug-likeness (QED) is 0.667. The Bertz CT molecular complexity index is 425. The Hall–Kier alpha value is -1.50. The molecule has 18 heavy (non-hydrogen) atoms. The molecule has 4 N–H and O–H groups in total. The maximum absolute atomic E-state index is 12.2. The van der Waals surface area contributed by atoms with E-state index in [4.69, 9.17) is 18.0 Å². The summed E-state index contributed by atoms with van der Waals surface area (Å²) in [6.07, 6.45) is 5.61. The van der Waals surface area contributed by atoms with Gasteiger partial charge in [-0.05, 0) is 12.8 Å². The number of H-pyrrole nitrogens is 1. The summed E-state index contributed by atoms with van der Waals surface area (Å²) in [5.41, 5.74) is 5.11. The molecule has 1 fully saturated rings. The first-order valence-corrected chi connectivity index (χ1v) is 6.48. The summed E-state index contributed by atoms with van der Waals surface area (Å²) in [5, 5.41) is 9.39. The predicted molar refractivity (Wildman–Crippen MR) is 70.8 cm³/mol. The van der Waals surface area contributed by atoms with Crippen LogP contribution in [0.2, 0.25) is 0 Å². The molecule has 1 aliphatic rings. The molecule has 0 saturated heterocycles. The van der Waals surface area contributed by atoms with Crippen LogP contribution in [0.4, 0.5) is 0 Å². The van der Waals surface area contributed by atoms with E-state index >= 15 is 0 Å². The average molecular weight is 267 g/mol. The Balaban J connectivity index is 1.88. The standard InChI is InChI=1S/C11H17N5OS/c12-9(18)11(4-1-2-5-11)10(17)13-6-3-8-14-7-15-16-8/h7H,1-6H2,(H2,12,18)(H,13,17)(H,14,15,16). The van der Waals surface area contributed by atoms with Crippen LogP contribution in [0.25, 0.3) is 0 Å². The van der Waals surface area contributed by atoms with Gasteiger partial charge in [0.05, 0.1) is 10.4 Å². The summed E-state index contributed by atoms with van der Waals surface area (Å²) < 4.78 is 0. The third kappa shape index (κ3) is 2.50. The van der Waals surface area contributed by atoms with Crippen LogP contribution in [0.1, 0.15) is 31.5 Å². The monoisotopic (exact) mass is 267 g/mol. The van der Waals surface area contributed by atoms with Gasteiger partial charge in [0.15, 0.2) is 0 Å². The Labute approximate surface area is 111 Å². The lowest BCUT2D eigenvalue weighted by Crippen LogP contribution is -2.47. The number of thiocarbonyl (C=S) groups is 1. The van der Waals surface area contributed by atoms with E-state index in [1.54, 1.807) is 0 Å². The van der Waals surface area contributed by atoms with E-state index < -0.39 is 5.41 Å². The molecule has 98 valence electrons. The highest BCUT2D eigenvalue weighted by atomic mass is 32.1. The summed E-state index contributed by atoms with van der Waals surface area (Å²) >= 11 is 5.06. The molecule has 2 rings (SSSR count). The molecule has 0 unspecified atom stereocenters. The lowest BCUT2D eigenvalue weighted by Gasteiger charge is -2.26. The van der Waals surface area contributed by atoms with Crippen LogP contribution < -0.4 is 11.1 Å². The summed E-state index contributed by atoms with van der Waals surface area (Å²) in [7, 11) is 0. The number of aromatic nitrogens is 3. The largest absolute Gasteiger partial charge is 0.392 e. The molecule has 1 aromatic rings. The third-order valence-corrected chi connectivity index (χ3v) is 3.87. The number of carbonyl (C=O) groups is 1. The molecule has 0 spiro atoms. The van der Waals surface area contributed by atoms with Crippen LogP contribution in [0.5, 0.6) is 0 Å². The van der Waals surface area contributed by atoms with Crippen molar-refractivity contribution in [3.05, 3.63) is 12.2 Å². The van der Waals surface area contributed by atoms with E-state index in [9.17, 15) is 4.79 Å². The molecule has 0 radical (unpaired) electrons. The number of nitrogens with two attached hydrogens (primary N) is 1. The molecular weight excluding hydrogens is 250 g/mol. The summed E-state index contributed by atoms with van der Waals surface area (Å²) in [6.45, 7) is 0.512. The molecular formula is C11H17N5OS. The van der Waals surface area contributed by atoms with Gasteiger partial charge in [0.1, 0.15) is 12.2 Å². The summed E-state index contributed by atoms with van der Waals surface area (Å²) in [4.78, 5) is 16.5. The second-order valence-corrected chi connectivity index (χ2v) is 5.03. The van der Waals surface area contributed by atoms with Crippen LogP contribution >= 0.6 is 12.2 Å². The predicted octanol–water partition coefficient (Wildman–Crippen LogP) is 0.310. The number of hydrogen-bond acceptors (Lipinski definition) is 4. The minimum Gasteiger partial charge on any atom is -0.392 e. The van der Waals surface area contributed by atoms with Gasteiger partial charge in [0.25, 0.3) is 0 Å². The highest BCUT2D eigenvalue weighted by Crippen LogP contribution is 2.38. The number of carbonyl (C=O) groups excluding carboxylic acids is 1. The van der Waals surface area contributed by atoms with Crippen molar-refractivity contribution in [3.63, 3.8) is 0 Å². The second kappa shape index (κ2) is 5.43. The van der Waals surface area contributed by atoms with Gasteiger partial charge in [0, 0.05) is 13.0 Å². The summed E-state index contributed by atoms with van der Waals surface area (Å²) in [5.74, 6) is 0.707. The van der Waals surface area contributed by atoms with E-state index in [0.29, 0.717) is 18.0 Å². The molecule has 0 atom stereocenters. The van der Waals surface area contributed by atoms with Gasteiger partial charge in [-0.25, -0.2) is 4.98 Å². The van der Waals surface area contributed by atoms with Gasteiger partial charge in [-0.15, -0.1) is 0 Å². The molecule has 1 heterocycles. The number of rotatable bonds is 5. The topological polar surface area (TPSA) is 96.7 Å². The molecule has 6 nitrogen and oxygen atoms in total. The molecule has 0 aromatic carbocycles. The Morgan fingerprint density at radius 3 is 2.83 bits per heavy atom. The van der Waals surface area contributed by atoms with Crippen molar-refractivity contribution in [2.75, 3.05) is 6.54 Å². The zero-order valence-corrected chi connectivity index (χ0v) is 10.9. The fraction of sp³-hybridized carbons (Fsp3) is 0.636. The minimum atomic E-state index is -0.628. The number of amides is 1. The van der Waals surface area contributed by atoms with Crippen molar-refractivity contribution in [1.82, 2.24) is 20.5 Å². The van der Waals surface area contributed by atoms with E-state index in [1.165, 1.54) is 6.33 Å². The summed E-state index contributed by atoms with van der Waals surface area (Å²) in [6, 6.07) is 0. The van der Waals surface area contributed by atoms with Gasteiger partial charge in [-0.3, -0.25) is 9.89 Å². The minimum absolute atomic E-state index is 0.0491. The first kappa shape index (κ1) is 12.9. The molecule has 1 amide bonds. The fourth-order valence-electron chi connectivity index (χ4n) is 2.38. The van der Waals surface area contributed by atoms with Gasteiger partial charge in [-0.2, -0.15) is 5.10 Å². The van der Waals surface area contributed by atoms with Crippen molar-refractivity contribution < 1.29 is 4.79 Å². The highest BCUT2D eigenvalue weighted by molar-refractivity contribution is 7.80. The van der Waals surface area contributed by atoms with E-state index in [-0.39, 0.29) is 5.91 Å². The maximum Gasteiger partial charge on any atom is 0.233 e. The van der Waals surface area contributed by atoms with Crippen LogP contribution in [0.15, 0.2) is 6.33 Å². The van der Waals surface area contributed by atoms with E-state index in [0.717, 1.165) is 31.5 Å². The second-order valence-electron chi connectivity index (χ2n) is 4.59. The fourth-order valence-corrected chi connectivity index (χ4v) is 2.68. The lowest BCUT2D eigenvalue weighted by atomic mass is 9.85. The van der Waals surface area contributed by atoms with Crippen molar-refractivity contribution in [2.45, 2.75) is 32.1 Å². The molecule has 7 heteroatoms. The first-order valence-electron chi connectivity index (χ1n) is 6.07. The zero-order chi connectivity index (χ0) is 13.0.